The van der Waals surface area contributed by atoms with Crippen LogP contribution < -0.4 is 10.1 Å². The molecule has 5 aromatic rings. The van der Waals surface area contributed by atoms with Crippen LogP contribution in [0.3, 0.4) is 0 Å². The fourth-order valence-electron chi connectivity index (χ4n) is 3.53. The number of aryl methyl sites for hydroxylation is 1. The third kappa shape index (κ3) is 4.45. The SMILES string of the molecule is COc1cc(CNc2nccc(-c3cc4cccnc4cn3)n2)cnc1-c1ccnc(C)c1. The van der Waals surface area contributed by atoms with E-state index in [4.69, 9.17) is 4.74 Å². The van der Waals surface area contributed by atoms with Crippen LogP contribution in [0.25, 0.3) is 33.5 Å². The van der Waals surface area contributed by atoms with Gasteiger partial charge in [0.05, 0.1) is 30.2 Å². The predicted molar refractivity (Wildman–Crippen MR) is 127 cm³/mol. The Hall–Kier alpha value is -4.46. The zero-order valence-corrected chi connectivity index (χ0v) is 18.2. The van der Waals surface area contributed by atoms with E-state index >= 15 is 0 Å². The van der Waals surface area contributed by atoms with Gasteiger partial charge in [-0.15, -0.1) is 0 Å². The molecule has 8 heteroatoms. The summed E-state index contributed by atoms with van der Waals surface area (Å²) in [7, 11) is 1.64. The molecule has 0 aliphatic heterocycles. The van der Waals surface area contributed by atoms with Crippen LogP contribution in [0.2, 0.25) is 0 Å². The first kappa shape index (κ1) is 20.4. The second-order valence-electron chi connectivity index (χ2n) is 7.47. The monoisotopic (exact) mass is 435 g/mol. The number of anilines is 1. The molecule has 0 saturated heterocycles. The highest BCUT2D eigenvalue weighted by Crippen LogP contribution is 2.29. The van der Waals surface area contributed by atoms with Gasteiger partial charge in [-0.2, -0.15) is 0 Å². The Morgan fingerprint density at radius 2 is 1.76 bits per heavy atom. The molecule has 0 aliphatic rings. The lowest BCUT2D eigenvalue weighted by atomic mass is 10.1. The maximum Gasteiger partial charge on any atom is 0.223 e. The first-order valence-electron chi connectivity index (χ1n) is 10.4. The van der Waals surface area contributed by atoms with Crippen molar-refractivity contribution in [1.29, 1.82) is 0 Å². The van der Waals surface area contributed by atoms with Gasteiger partial charge in [0.1, 0.15) is 11.4 Å². The Labute approximate surface area is 190 Å². The molecule has 5 heterocycles. The number of hydrogen-bond acceptors (Lipinski definition) is 8. The Morgan fingerprint density at radius 3 is 2.64 bits per heavy atom. The van der Waals surface area contributed by atoms with Crippen LogP contribution >= 0.6 is 0 Å². The van der Waals surface area contributed by atoms with Gasteiger partial charge < -0.3 is 10.1 Å². The minimum absolute atomic E-state index is 0.498. The summed E-state index contributed by atoms with van der Waals surface area (Å²) in [5.74, 6) is 1.21. The molecule has 5 rings (SSSR count). The molecule has 1 N–H and O–H groups in total. The zero-order valence-electron chi connectivity index (χ0n) is 18.2. The van der Waals surface area contributed by atoms with Crippen LogP contribution in [-0.2, 0) is 6.54 Å². The molecule has 162 valence electrons. The number of nitrogens with zero attached hydrogens (tertiary/aromatic N) is 6. The van der Waals surface area contributed by atoms with Crippen molar-refractivity contribution < 1.29 is 4.74 Å². The fraction of sp³-hybridized carbons (Fsp3) is 0.120. The first-order chi connectivity index (χ1) is 16.2. The maximum absolute atomic E-state index is 5.59. The molecule has 0 saturated carbocycles. The van der Waals surface area contributed by atoms with E-state index in [9.17, 15) is 0 Å². The second kappa shape index (κ2) is 8.96. The van der Waals surface area contributed by atoms with E-state index in [1.165, 1.54) is 0 Å². The summed E-state index contributed by atoms with van der Waals surface area (Å²) < 4.78 is 5.59. The van der Waals surface area contributed by atoms with Gasteiger partial charge >= 0.3 is 0 Å². The molecule has 0 aliphatic carbocycles. The fourth-order valence-corrected chi connectivity index (χ4v) is 3.53. The summed E-state index contributed by atoms with van der Waals surface area (Å²) in [6.07, 6.45) is 8.82. The van der Waals surface area contributed by atoms with Crippen molar-refractivity contribution in [3.63, 3.8) is 0 Å². The van der Waals surface area contributed by atoms with Crippen molar-refractivity contribution in [3.05, 3.63) is 84.7 Å². The summed E-state index contributed by atoms with van der Waals surface area (Å²) in [6.45, 7) is 2.45. The van der Waals surface area contributed by atoms with Crippen LogP contribution in [0, 0.1) is 6.92 Å². The van der Waals surface area contributed by atoms with Gasteiger partial charge in [-0.05, 0) is 48.9 Å². The molecular weight excluding hydrogens is 414 g/mol. The van der Waals surface area contributed by atoms with Gasteiger partial charge in [0.15, 0.2) is 0 Å². The number of nitrogens with one attached hydrogen (secondary N) is 1. The van der Waals surface area contributed by atoms with Gasteiger partial charge in [-0.1, -0.05) is 6.07 Å². The molecule has 5 aromatic heterocycles. The van der Waals surface area contributed by atoms with Crippen molar-refractivity contribution in [2.45, 2.75) is 13.5 Å². The maximum atomic E-state index is 5.59. The Kier molecular flexibility index (Phi) is 5.55. The topological polar surface area (TPSA) is 98.6 Å². The molecular formula is C25H21N7O. The van der Waals surface area contributed by atoms with E-state index in [0.29, 0.717) is 18.2 Å². The Morgan fingerprint density at radius 1 is 0.848 bits per heavy atom. The average molecular weight is 435 g/mol. The molecule has 0 spiro atoms. The van der Waals surface area contributed by atoms with Crippen molar-refractivity contribution in [3.8, 4) is 28.4 Å². The molecule has 0 amide bonds. The average Bonchev–Trinajstić information content (AvgIpc) is 2.87. The summed E-state index contributed by atoms with van der Waals surface area (Å²) in [5, 5.41) is 4.27. The summed E-state index contributed by atoms with van der Waals surface area (Å²) in [6, 6.07) is 13.6. The van der Waals surface area contributed by atoms with E-state index in [1.54, 1.807) is 31.9 Å². The van der Waals surface area contributed by atoms with Gasteiger partial charge in [0, 0.05) is 48.0 Å². The number of rotatable bonds is 6. The molecule has 33 heavy (non-hydrogen) atoms. The van der Waals surface area contributed by atoms with Crippen LogP contribution in [0.15, 0.2) is 73.4 Å². The standard InChI is InChI=1S/C25H21N7O/c1-16-10-19(5-8-26-16)24-23(33-2)11-17(13-30-24)14-31-25-28-9-6-20(32-25)21-12-18-4-3-7-27-22(18)15-29-21/h3-13,15H,14H2,1-2H3,(H,28,31,32). The van der Waals surface area contributed by atoms with Crippen molar-refractivity contribution >= 4 is 16.9 Å². The summed E-state index contributed by atoms with van der Waals surface area (Å²) in [5.41, 5.74) is 5.97. The smallest absolute Gasteiger partial charge is 0.223 e. The highest BCUT2D eigenvalue weighted by Gasteiger charge is 2.10. The molecule has 0 unspecified atom stereocenters. The minimum atomic E-state index is 0.498. The second-order valence-corrected chi connectivity index (χ2v) is 7.47. The van der Waals surface area contributed by atoms with E-state index in [2.05, 4.69) is 35.2 Å². The third-order valence-corrected chi connectivity index (χ3v) is 5.16. The van der Waals surface area contributed by atoms with Gasteiger partial charge in [0.25, 0.3) is 0 Å². The molecule has 0 fully saturated rings. The Balaban J connectivity index is 1.35. The lowest BCUT2D eigenvalue weighted by molar-refractivity contribution is 0.414. The first-order valence-corrected chi connectivity index (χ1v) is 10.4. The quantitative estimate of drug-likeness (QED) is 0.417. The third-order valence-electron chi connectivity index (χ3n) is 5.16. The van der Waals surface area contributed by atoms with Crippen LogP contribution in [0.1, 0.15) is 11.3 Å². The zero-order chi connectivity index (χ0) is 22.6. The van der Waals surface area contributed by atoms with E-state index < -0.39 is 0 Å². The van der Waals surface area contributed by atoms with Gasteiger partial charge in [-0.25, -0.2) is 9.97 Å². The number of aromatic nitrogens is 6. The highest BCUT2D eigenvalue weighted by molar-refractivity contribution is 5.81. The minimum Gasteiger partial charge on any atom is -0.494 e. The lowest BCUT2D eigenvalue weighted by Gasteiger charge is -2.11. The number of hydrogen-bond donors (Lipinski definition) is 1. The van der Waals surface area contributed by atoms with Crippen LogP contribution in [-0.4, -0.2) is 37.0 Å². The van der Waals surface area contributed by atoms with E-state index in [-0.39, 0.29) is 0 Å². The van der Waals surface area contributed by atoms with Crippen molar-refractivity contribution in [2.75, 3.05) is 12.4 Å². The van der Waals surface area contributed by atoms with Gasteiger partial charge in [0.2, 0.25) is 5.95 Å². The largest absolute Gasteiger partial charge is 0.494 e. The summed E-state index contributed by atoms with van der Waals surface area (Å²) in [4.78, 5) is 26.6. The van der Waals surface area contributed by atoms with E-state index in [1.807, 2.05) is 55.6 Å². The van der Waals surface area contributed by atoms with E-state index in [0.717, 1.165) is 44.8 Å². The number of pyridine rings is 4. The summed E-state index contributed by atoms with van der Waals surface area (Å²) >= 11 is 0. The molecule has 0 bridgehead atoms. The predicted octanol–water partition coefficient (Wildman–Crippen LogP) is 4.47. The normalized spacial score (nSPS) is 10.8. The number of fused-ring (bicyclic) bond motifs is 1. The number of ether oxygens (including phenoxy) is 1. The van der Waals surface area contributed by atoms with Crippen molar-refractivity contribution in [1.82, 2.24) is 29.9 Å². The van der Waals surface area contributed by atoms with Crippen molar-refractivity contribution in [2.24, 2.45) is 0 Å². The van der Waals surface area contributed by atoms with Crippen LogP contribution in [0.5, 0.6) is 5.75 Å². The highest BCUT2D eigenvalue weighted by atomic mass is 16.5. The molecule has 0 atom stereocenters. The lowest BCUT2D eigenvalue weighted by Crippen LogP contribution is -2.05. The molecule has 8 nitrogen and oxygen atoms in total. The number of methoxy groups -OCH3 is 1. The Bertz CT molecular complexity index is 1440. The van der Waals surface area contributed by atoms with Gasteiger partial charge in [-0.3, -0.25) is 19.9 Å². The van der Waals surface area contributed by atoms with Crippen LogP contribution in [0.4, 0.5) is 5.95 Å². The molecule has 0 radical (unpaired) electrons. The molecule has 0 aromatic carbocycles.